The number of aryl methyl sites for hydroxylation is 3. The predicted molar refractivity (Wildman–Crippen MR) is 96.3 cm³/mol. The van der Waals surface area contributed by atoms with E-state index in [1.807, 2.05) is 6.92 Å². The molecule has 1 unspecified atom stereocenters. The van der Waals surface area contributed by atoms with Crippen molar-refractivity contribution in [2.75, 3.05) is 6.61 Å². The molecule has 0 radical (unpaired) electrons. The van der Waals surface area contributed by atoms with E-state index >= 15 is 0 Å². The van der Waals surface area contributed by atoms with Gasteiger partial charge < -0.3 is 9.94 Å². The Morgan fingerprint density at radius 1 is 1.22 bits per heavy atom. The van der Waals surface area contributed by atoms with Crippen molar-refractivity contribution in [1.82, 2.24) is 0 Å². The van der Waals surface area contributed by atoms with Crippen molar-refractivity contribution in [3.63, 3.8) is 0 Å². The van der Waals surface area contributed by atoms with E-state index < -0.39 is 0 Å². The minimum absolute atomic E-state index is 0.393. The first kappa shape index (κ1) is 17.6. The van der Waals surface area contributed by atoms with E-state index in [0.717, 1.165) is 30.5 Å². The summed E-state index contributed by atoms with van der Waals surface area (Å²) in [5.41, 5.74) is 7.25. The molecule has 3 nitrogen and oxygen atoms in total. The summed E-state index contributed by atoms with van der Waals surface area (Å²) in [5.74, 6) is 0.880. The molecule has 3 heteroatoms. The fourth-order valence-electron chi connectivity index (χ4n) is 3.79. The first-order chi connectivity index (χ1) is 11.0. The van der Waals surface area contributed by atoms with Gasteiger partial charge in [-0.3, -0.25) is 0 Å². The molecule has 23 heavy (non-hydrogen) atoms. The minimum Gasteiger partial charge on any atom is -0.512 e. The normalized spacial score (nSPS) is 19.2. The maximum Gasteiger partial charge on any atom is 0.114 e. The Morgan fingerprint density at radius 3 is 2.39 bits per heavy atom. The summed E-state index contributed by atoms with van der Waals surface area (Å²) in [6, 6.07) is 4.49. The lowest BCUT2D eigenvalue weighted by atomic mass is 9.78. The first-order valence-electron chi connectivity index (χ1n) is 8.65. The maximum atomic E-state index is 10.6. The zero-order chi connectivity index (χ0) is 17.0. The second-order valence-electron chi connectivity index (χ2n) is 6.49. The van der Waals surface area contributed by atoms with Crippen molar-refractivity contribution < 1.29 is 9.94 Å². The summed E-state index contributed by atoms with van der Waals surface area (Å²) in [5, 5.41) is 14.8. The molecule has 1 aliphatic carbocycles. The van der Waals surface area contributed by atoms with Crippen LogP contribution >= 0.6 is 0 Å². The van der Waals surface area contributed by atoms with E-state index in [0.29, 0.717) is 24.7 Å². The molecule has 0 bridgehead atoms. The van der Waals surface area contributed by atoms with E-state index in [1.165, 1.54) is 22.3 Å². The number of nitrogens with zero attached hydrogens (tertiary/aromatic N) is 1. The van der Waals surface area contributed by atoms with Gasteiger partial charge in [0.25, 0.3) is 0 Å². The number of hydrogen-bond donors (Lipinski definition) is 1. The van der Waals surface area contributed by atoms with Crippen molar-refractivity contribution in [2.24, 2.45) is 5.16 Å². The van der Waals surface area contributed by atoms with Crippen molar-refractivity contribution in [3.8, 4) is 0 Å². The summed E-state index contributed by atoms with van der Waals surface area (Å²) in [4.78, 5) is 5.19. The second-order valence-corrected chi connectivity index (χ2v) is 6.49. The highest BCUT2D eigenvalue weighted by molar-refractivity contribution is 6.00. The van der Waals surface area contributed by atoms with Gasteiger partial charge in [0.1, 0.15) is 6.61 Å². The van der Waals surface area contributed by atoms with Crippen LogP contribution in [0.5, 0.6) is 0 Å². The Balaban J connectivity index is 2.27. The number of benzene rings is 1. The van der Waals surface area contributed by atoms with E-state index in [9.17, 15) is 5.11 Å². The Bertz CT molecular complexity index is 606. The molecule has 1 aliphatic rings. The third-order valence-electron chi connectivity index (χ3n) is 4.66. The highest BCUT2D eigenvalue weighted by Crippen LogP contribution is 2.39. The van der Waals surface area contributed by atoms with Gasteiger partial charge in [-0.05, 0) is 69.6 Å². The predicted octanol–water partition coefficient (Wildman–Crippen LogP) is 5.49. The van der Waals surface area contributed by atoms with Crippen molar-refractivity contribution in [3.05, 3.63) is 45.7 Å². The fourth-order valence-corrected chi connectivity index (χ4v) is 3.79. The van der Waals surface area contributed by atoms with Gasteiger partial charge >= 0.3 is 0 Å². The van der Waals surface area contributed by atoms with Gasteiger partial charge in [-0.15, -0.1) is 0 Å². The second kappa shape index (κ2) is 7.67. The van der Waals surface area contributed by atoms with Crippen molar-refractivity contribution >= 4 is 5.71 Å². The highest BCUT2D eigenvalue weighted by atomic mass is 16.6. The Kier molecular flexibility index (Phi) is 5.86. The topological polar surface area (TPSA) is 41.8 Å². The molecule has 0 amide bonds. The van der Waals surface area contributed by atoms with Gasteiger partial charge in [0.05, 0.1) is 11.5 Å². The van der Waals surface area contributed by atoms with Crippen molar-refractivity contribution in [2.45, 2.75) is 66.2 Å². The summed E-state index contributed by atoms with van der Waals surface area (Å²) < 4.78 is 0. The fraction of sp³-hybridized carbons (Fsp3) is 0.550. The maximum absolute atomic E-state index is 10.6. The SMILES string of the molecule is CCON=C(CC)C1=C(O)CC(c2c(C)cc(C)cc2C)CC1. The molecule has 0 saturated carbocycles. The average molecular weight is 315 g/mol. The molecule has 126 valence electrons. The van der Waals surface area contributed by atoms with Crippen LogP contribution in [0.15, 0.2) is 28.6 Å². The van der Waals surface area contributed by atoms with Crippen LogP contribution in [0.3, 0.4) is 0 Å². The Hall–Kier alpha value is -1.77. The molecule has 1 N–H and O–H groups in total. The molecule has 1 aromatic rings. The molecule has 0 fully saturated rings. The quantitative estimate of drug-likeness (QED) is 0.576. The molecule has 0 aromatic heterocycles. The van der Waals surface area contributed by atoms with Crippen molar-refractivity contribution in [1.29, 1.82) is 0 Å². The third kappa shape index (κ3) is 3.95. The van der Waals surface area contributed by atoms with E-state index in [-0.39, 0.29) is 0 Å². The van der Waals surface area contributed by atoms with Crippen LogP contribution in [0.4, 0.5) is 0 Å². The third-order valence-corrected chi connectivity index (χ3v) is 4.66. The molecular formula is C20H29NO2. The van der Waals surface area contributed by atoms with Gasteiger partial charge in [0.15, 0.2) is 0 Å². The summed E-state index contributed by atoms with van der Waals surface area (Å²) in [6.07, 6.45) is 3.40. The van der Waals surface area contributed by atoms with E-state index in [4.69, 9.17) is 4.84 Å². The van der Waals surface area contributed by atoms with Crippen LogP contribution in [0.25, 0.3) is 0 Å². The van der Waals surface area contributed by atoms with Gasteiger partial charge in [0, 0.05) is 12.0 Å². The lowest BCUT2D eigenvalue weighted by Crippen LogP contribution is -2.16. The van der Waals surface area contributed by atoms with Gasteiger partial charge in [-0.2, -0.15) is 0 Å². The molecule has 0 aliphatic heterocycles. The molecule has 0 heterocycles. The molecule has 0 spiro atoms. The Labute approximate surface area is 140 Å². The van der Waals surface area contributed by atoms with Crippen LogP contribution in [0.1, 0.15) is 67.7 Å². The standard InChI is InChI=1S/C20H29NO2/c1-6-18(21-23-7-2)17-9-8-16(12-19(17)22)20-14(4)10-13(3)11-15(20)5/h10-11,16,22H,6-9,12H2,1-5H3. The molecule has 1 aromatic carbocycles. The largest absolute Gasteiger partial charge is 0.512 e. The van der Waals surface area contributed by atoms with Crippen LogP contribution in [-0.4, -0.2) is 17.4 Å². The monoisotopic (exact) mass is 315 g/mol. The van der Waals surface area contributed by atoms with Crippen LogP contribution in [0.2, 0.25) is 0 Å². The number of allylic oxidation sites excluding steroid dienone is 2. The minimum atomic E-state index is 0.393. The van der Waals surface area contributed by atoms with Gasteiger partial charge in [-0.1, -0.05) is 29.8 Å². The van der Waals surface area contributed by atoms with Crippen LogP contribution < -0.4 is 0 Å². The number of hydrogen-bond acceptors (Lipinski definition) is 3. The molecule has 1 atom stereocenters. The summed E-state index contributed by atoms with van der Waals surface area (Å²) in [6.45, 7) is 11.0. The smallest absolute Gasteiger partial charge is 0.114 e. The van der Waals surface area contributed by atoms with Gasteiger partial charge in [-0.25, -0.2) is 0 Å². The van der Waals surface area contributed by atoms with Gasteiger partial charge in [0.2, 0.25) is 0 Å². The zero-order valence-electron chi connectivity index (χ0n) is 15.1. The zero-order valence-corrected chi connectivity index (χ0v) is 15.1. The summed E-state index contributed by atoms with van der Waals surface area (Å²) in [7, 11) is 0. The van der Waals surface area contributed by atoms with Crippen LogP contribution in [0, 0.1) is 20.8 Å². The molecule has 2 rings (SSSR count). The Morgan fingerprint density at radius 2 is 1.87 bits per heavy atom. The summed E-state index contributed by atoms with van der Waals surface area (Å²) >= 11 is 0. The lowest BCUT2D eigenvalue weighted by Gasteiger charge is -2.27. The average Bonchev–Trinajstić information content (AvgIpc) is 2.48. The lowest BCUT2D eigenvalue weighted by molar-refractivity contribution is 0.158. The number of oxime groups is 1. The van der Waals surface area contributed by atoms with Crippen LogP contribution in [-0.2, 0) is 4.84 Å². The molecular weight excluding hydrogens is 286 g/mol. The number of aliphatic hydroxyl groups is 1. The first-order valence-corrected chi connectivity index (χ1v) is 8.65. The van der Waals surface area contributed by atoms with E-state index in [1.54, 1.807) is 0 Å². The highest BCUT2D eigenvalue weighted by Gasteiger charge is 2.26. The molecule has 0 saturated heterocycles. The number of rotatable bonds is 5. The number of aliphatic hydroxyl groups excluding tert-OH is 1. The van der Waals surface area contributed by atoms with E-state index in [2.05, 4.69) is 45.0 Å².